The van der Waals surface area contributed by atoms with Crippen LogP contribution < -0.4 is 10.6 Å². The summed E-state index contributed by atoms with van der Waals surface area (Å²) in [6.07, 6.45) is 3.72. The van der Waals surface area contributed by atoms with Gasteiger partial charge in [-0.2, -0.15) is 0 Å². The lowest BCUT2D eigenvalue weighted by Crippen LogP contribution is -2.34. The highest BCUT2D eigenvalue weighted by Gasteiger charge is 2.45. The van der Waals surface area contributed by atoms with Crippen LogP contribution in [-0.4, -0.2) is 11.0 Å². The second kappa shape index (κ2) is 9.52. The van der Waals surface area contributed by atoms with Gasteiger partial charge in [0.2, 0.25) is 0 Å². The Bertz CT molecular complexity index is 1150. The summed E-state index contributed by atoms with van der Waals surface area (Å²) in [5.74, 6) is 0. The highest BCUT2D eigenvalue weighted by molar-refractivity contribution is 7.79. The van der Waals surface area contributed by atoms with Crippen molar-refractivity contribution in [2.75, 3.05) is 6.54 Å². The van der Waals surface area contributed by atoms with E-state index < -0.39 is 8.07 Å². The van der Waals surface area contributed by atoms with E-state index in [1.807, 2.05) is 0 Å². The van der Waals surface area contributed by atoms with Crippen LogP contribution in [0.4, 0.5) is 0 Å². The van der Waals surface area contributed by atoms with Crippen molar-refractivity contribution in [3.63, 3.8) is 0 Å². The first kappa shape index (κ1) is 21.2. The average Bonchev–Trinajstić information content (AvgIpc) is 3.34. The quantitative estimate of drug-likeness (QED) is 0.281. The van der Waals surface area contributed by atoms with Gasteiger partial charge >= 0.3 is 0 Å². The topological polar surface area (TPSA) is 3.24 Å². The third-order valence-electron chi connectivity index (χ3n) is 7.02. The predicted molar refractivity (Wildman–Crippen MR) is 144 cm³/mol. The molecule has 4 atom stereocenters. The molecular formula is C30H29NP2. The van der Waals surface area contributed by atoms with Crippen LogP contribution in [0.2, 0.25) is 0 Å². The van der Waals surface area contributed by atoms with Crippen LogP contribution >= 0.6 is 16.1 Å². The lowest BCUT2D eigenvalue weighted by molar-refractivity contribution is 0.675. The molecule has 164 valence electrons. The molecule has 0 bridgehead atoms. The summed E-state index contributed by atoms with van der Waals surface area (Å²) in [4.78, 5) is 0. The molecule has 0 amide bonds. The summed E-state index contributed by atoms with van der Waals surface area (Å²) < 4.78 is 2.99. The Hall–Kier alpha value is -2.30. The standard InChI is InChI=1S/C30H29NP2/c1-4-12-24(13-5-1)29-20-21-30(25-14-6-2-7-15-25)33(29)31-23-22-26-16-10-11-19-28(26)32(31)27-17-8-3-9-18-27/h1-19,29-30H,20-23H2/t29-,30?,32?,33?/m0/s1. The molecule has 4 aromatic carbocycles. The molecule has 0 aliphatic carbocycles. The maximum atomic E-state index is 2.99. The Balaban J connectivity index is 1.49. The van der Waals surface area contributed by atoms with Gasteiger partial charge in [-0.1, -0.05) is 115 Å². The van der Waals surface area contributed by atoms with Crippen molar-refractivity contribution < 1.29 is 0 Å². The Morgan fingerprint density at radius 3 is 1.70 bits per heavy atom. The van der Waals surface area contributed by atoms with E-state index in [9.17, 15) is 0 Å². The summed E-state index contributed by atoms with van der Waals surface area (Å²) >= 11 is 0. The minimum atomic E-state index is -0.529. The van der Waals surface area contributed by atoms with Gasteiger partial charge in [-0.3, -0.25) is 4.44 Å². The average molecular weight is 466 g/mol. The molecule has 0 saturated carbocycles. The first-order valence-corrected chi connectivity index (χ1v) is 14.7. The van der Waals surface area contributed by atoms with Gasteiger partial charge in [0.1, 0.15) is 0 Å². The van der Waals surface area contributed by atoms with Crippen molar-refractivity contribution in [1.82, 2.24) is 4.44 Å². The largest absolute Gasteiger partial charge is 0.251 e. The fraction of sp³-hybridized carbons (Fsp3) is 0.200. The molecule has 6 rings (SSSR count). The van der Waals surface area contributed by atoms with E-state index >= 15 is 0 Å². The van der Waals surface area contributed by atoms with Crippen LogP contribution in [0.1, 0.15) is 40.8 Å². The first-order chi connectivity index (χ1) is 16.4. The molecular weight excluding hydrogens is 436 g/mol. The summed E-state index contributed by atoms with van der Waals surface area (Å²) in [5.41, 5.74) is 5.87. The van der Waals surface area contributed by atoms with Gasteiger partial charge in [-0.05, 0) is 54.6 Å². The highest BCUT2D eigenvalue weighted by Crippen LogP contribution is 2.76. The maximum absolute atomic E-state index is 2.99. The van der Waals surface area contributed by atoms with Crippen LogP contribution in [-0.2, 0) is 6.42 Å². The highest BCUT2D eigenvalue weighted by atomic mass is 31.2. The van der Waals surface area contributed by atoms with Crippen molar-refractivity contribution in [2.24, 2.45) is 0 Å². The summed E-state index contributed by atoms with van der Waals surface area (Å²) in [6, 6.07) is 43.2. The van der Waals surface area contributed by atoms with Gasteiger partial charge in [-0.15, -0.1) is 0 Å². The van der Waals surface area contributed by atoms with Gasteiger partial charge in [-0.25, -0.2) is 0 Å². The first-order valence-electron chi connectivity index (χ1n) is 12.0. The van der Waals surface area contributed by atoms with Crippen molar-refractivity contribution in [1.29, 1.82) is 0 Å². The second-order valence-corrected chi connectivity index (χ2v) is 13.8. The van der Waals surface area contributed by atoms with E-state index in [0.717, 1.165) is 13.0 Å². The van der Waals surface area contributed by atoms with Crippen LogP contribution in [0.15, 0.2) is 115 Å². The minimum Gasteiger partial charge on any atom is -0.251 e. The molecule has 3 unspecified atom stereocenters. The zero-order chi connectivity index (χ0) is 22.0. The molecule has 0 N–H and O–H groups in total. The molecule has 2 aliphatic rings. The molecule has 1 saturated heterocycles. The lowest BCUT2D eigenvalue weighted by Gasteiger charge is -2.45. The van der Waals surface area contributed by atoms with Gasteiger partial charge in [0, 0.05) is 25.9 Å². The molecule has 2 heterocycles. The Morgan fingerprint density at radius 2 is 1.09 bits per heavy atom. The number of rotatable bonds is 4. The fourth-order valence-corrected chi connectivity index (χ4v) is 13.1. The third kappa shape index (κ3) is 4.08. The summed E-state index contributed by atoms with van der Waals surface area (Å²) in [6.45, 7) is 1.16. The summed E-state index contributed by atoms with van der Waals surface area (Å²) in [5, 5.41) is 3.06. The smallest absolute Gasteiger partial charge is 0.0321 e. The van der Waals surface area contributed by atoms with Gasteiger partial charge < -0.3 is 0 Å². The maximum Gasteiger partial charge on any atom is 0.0321 e. The number of hydrogen-bond acceptors (Lipinski definition) is 1. The molecule has 0 aromatic heterocycles. The molecule has 2 aliphatic heterocycles. The Kier molecular flexibility index (Phi) is 6.13. The van der Waals surface area contributed by atoms with Gasteiger partial charge in [0.25, 0.3) is 0 Å². The lowest BCUT2D eigenvalue weighted by atomic mass is 10.0. The van der Waals surface area contributed by atoms with Crippen LogP contribution in [0.3, 0.4) is 0 Å². The molecule has 33 heavy (non-hydrogen) atoms. The molecule has 1 nitrogen and oxygen atoms in total. The SMILES string of the molecule is c1ccc(C2CC[C@@H](c3ccccc3)P2N2CCc3ccccc3P2c2ccccc2)cc1. The zero-order valence-corrected chi connectivity index (χ0v) is 20.6. The van der Waals surface area contributed by atoms with Crippen LogP contribution in [0.25, 0.3) is 0 Å². The molecule has 3 heteroatoms. The minimum absolute atomic E-state index is 0.368. The van der Waals surface area contributed by atoms with E-state index in [-0.39, 0.29) is 8.07 Å². The van der Waals surface area contributed by atoms with E-state index in [2.05, 4.69) is 120 Å². The van der Waals surface area contributed by atoms with Gasteiger partial charge in [0.05, 0.1) is 0 Å². The monoisotopic (exact) mass is 465 g/mol. The third-order valence-corrected chi connectivity index (χ3v) is 13.6. The van der Waals surface area contributed by atoms with Crippen LogP contribution in [0, 0.1) is 0 Å². The summed E-state index contributed by atoms with van der Waals surface area (Å²) in [7, 11) is -0.897. The number of fused-ring (bicyclic) bond motifs is 1. The Labute approximate surface area is 200 Å². The number of nitrogens with zero attached hydrogens (tertiary/aromatic N) is 1. The second-order valence-electron chi connectivity index (χ2n) is 8.93. The van der Waals surface area contributed by atoms with Crippen molar-refractivity contribution in [3.05, 3.63) is 132 Å². The molecule has 1 fully saturated rings. The van der Waals surface area contributed by atoms with Crippen molar-refractivity contribution in [3.8, 4) is 0 Å². The number of benzene rings is 4. The van der Waals surface area contributed by atoms with E-state index in [0.29, 0.717) is 11.3 Å². The molecule has 4 aromatic rings. The van der Waals surface area contributed by atoms with E-state index in [4.69, 9.17) is 0 Å². The molecule has 0 spiro atoms. The predicted octanol–water partition coefficient (Wildman–Crippen LogP) is 7.57. The van der Waals surface area contributed by atoms with E-state index in [1.165, 1.54) is 29.3 Å². The van der Waals surface area contributed by atoms with Gasteiger partial charge in [0.15, 0.2) is 0 Å². The van der Waals surface area contributed by atoms with Crippen molar-refractivity contribution >= 4 is 26.8 Å². The zero-order valence-electron chi connectivity index (χ0n) is 18.8. The Morgan fingerprint density at radius 1 is 0.576 bits per heavy atom. The number of hydrogen-bond donors (Lipinski definition) is 0. The van der Waals surface area contributed by atoms with Crippen LogP contribution in [0.5, 0.6) is 0 Å². The van der Waals surface area contributed by atoms with Crippen molar-refractivity contribution in [2.45, 2.75) is 30.6 Å². The van der Waals surface area contributed by atoms with E-state index in [1.54, 1.807) is 10.9 Å². The fourth-order valence-electron chi connectivity index (χ4n) is 5.54. The molecule has 0 radical (unpaired) electrons. The normalized spacial score (nSPS) is 25.0.